The van der Waals surface area contributed by atoms with E-state index in [0.29, 0.717) is 31.9 Å². The normalized spacial score (nSPS) is 14.7. The van der Waals surface area contributed by atoms with Gasteiger partial charge < -0.3 is 15.0 Å². The highest BCUT2D eigenvalue weighted by Gasteiger charge is 2.23. The maximum Gasteiger partial charge on any atom is 0.264 e. The van der Waals surface area contributed by atoms with Crippen LogP contribution in [-0.4, -0.2) is 62.8 Å². The number of piperazine rings is 1. The van der Waals surface area contributed by atoms with Gasteiger partial charge in [-0.25, -0.2) is 8.42 Å². The molecular formula is C21H26N4O4S2. The van der Waals surface area contributed by atoms with E-state index in [2.05, 4.69) is 15.5 Å². The zero-order chi connectivity index (χ0) is 22.4. The molecule has 0 aliphatic carbocycles. The summed E-state index contributed by atoms with van der Waals surface area (Å²) in [6.45, 7) is 3.99. The van der Waals surface area contributed by atoms with Crippen LogP contribution in [0.15, 0.2) is 48.5 Å². The predicted molar refractivity (Wildman–Crippen MR) is 126 cm³/mol. The molecule has 2 aromatic rings. The lowest BCUT2D eigenvalue weighted by atomic mass is 10.2. The second-order valence-corrected chi connectivity index (χ2v) is 9.64. The number of nitrogens with zero attached hydrogens (tertiary/aromatic N) is 2. The minimum Gasteiger partial charge on any atom is -0.483 e. The van der Waals surface area contributed by atoms with Crippen molar-refractivity contribution in [2.45, 2.75) is 6.92 Å². The summed E-state index contributed by atoms with van der Waals surface area (Å²) in [5.74, 6) is 0.311. The molecule has 0 radical (unpaired) electrons. The molecule has 1 amide bonds. The van der Waals surface area contributed by atoms with Crippen molar-refractivity contribution in [3.63, 3.8) is 0 Å². The second-order valence-electron chi connectivity index (χ2n) is 7.25. The molecule has 10 heteroatoms. The molecule has 0 bridgehead atoms. The Morgan fingerprint density at radius 1 is 1.06 bits per heavy atom. The van der Waals surface area contributed by atoms with Gasteiger partial charge in [0.05, 0.1) is 6.26 Å². The van der Waals surface area contributed by atoms with Gasteiger partial charge in [0.1, 0.15) is 5.75 Å². The Labute approximate surface area is 188 Å². The molecule has 1 aliphatic heterocycles. The summed E-state index contributed by atoms with van der Waals surface area (Å²) in [6.07, 6.45) is 1.24. The molecule has 1 fully saturated rings. The Hall–Kier alpha value is -2.69. The molecule has 2 aromatic carbocycles. The molecule has 1 heterocycles. The van der Waals surface area contributed by atoms with Gasteiger partial charge >= 0.3 is 0 Å². The third-order valence-corrected chi connectivity index (χ3v) is 6.41. The lowest BCUT2D eigenvalue weighted by molar-refractivity contribution is -0.121. The van der Waals surface area contributed by atoms with Crippen molar-refractivity contribution in [1.82, 2.24) is 9.62 Å². The van der Waals surface area contributed by atoms with Crippen LogP contribution in [0.3, 0.4) is 0 Å². The first-order valence-electron chi connectivity index (χ1n) is 9.82. The highest BCUT2D eigenvalue weighted by Crippen LogP contribution is 2.20. The van der Waals surface area contributed by atoms with Crippen molar-refractivity contribution in [2.24, 2.45) is 0 Å². The lowest BCUT2D eigenvalue weighted by Crippen LogP contribution is -2.48. The van der Waals surface area contributed by atoms with Crippen LogP contribution >= 0.6 is 12.2 Å². The van der Waals surface area contributed by atoms with E-state index in [4.69, 9.17) is 17.0 Å². The van der Waals surface area contributed by atoms with E-state index in [1.165, 1.54) is 10.6 Å². The number of anilines is 2. The highest BCUT2D eigenvalue weighted by molar-refractivity contribution is 7.88. The third kappa shape index (κ3) is 6.65. The van der Waals surface area contributed by atoms with Gasteiger partial charge in [-0.3, -0.25) is 10.1 Å². The average Bonchev–Trinajstić information content (AvgIpc) is 2.73. The maximum absolute atomic E-state index is 12.1. The van der Waals surface area contributed by atoms with Crippen LogP contribution in [0.1, 0.15) is 5.56 Å². The predicted octanol–water partition coefficient (Wildman–Crippen LogP) is 1.97. The Bertz CT molecular complexity index is 1030. The standard InChI is InChI=1S/C21H26N4O4S2/c1-16-5-3-4-6-19(16)29-15-20(26)23-21(30)22-17-7-9-18(10-8-17)24-11-13-25(14-12-24)31(2,27)28/h3-10H,11-15H2,1-2H3,(H2,22,23,26,30). The average molecular weight is 463 g/mol. The second kappa shape index (κ2) is 10.1. The van der Waals surface area contributed by atoms with Crippen molar-refractivity contribution >= 4 is 44.6 Å². The molecular weight excluding hydrogens is 436 g/mol. The van der Waals surface area contributed by atoms with Gasteiger partial charge in [-0.15, -0.1) is 0 Å². The van der Waals surface area contributed by atoms with E-state index in [0.717, 1.165) is 16.9 Å². The van der Waals surface area contributed by atoms with E-state index in [-0.39, 0.29) is 17.6 Å². The topological polar surface area (TPSA) is 91.0 Å². The van der Waals surface area contributed by atoms with Crippen molar-refractivity contribution in [1.29, 1.82) is 0 Å². The number of nitrogens with one attached hydrogen (secondary N) is 2. The largest absolute Gasteiger partial charge is 0.483 e. The number of thiocarbonyl (C=S) groups is 1. The molecule has 31 heavy (non-hydrogen) atoms. The number of amides is 1. The monoisotopic (exact) mass is 462 g/mol. The van der Waals surface area contributed by atoms with Crippen LogP contribution in [0.25, 0.3) is 0 Å². The van der Waals surface area contributed by atoms with Crippen molar-refractivity contribution in [3.05, 3.63) is 54.1 Å². The van der Waals surface area contributed by atoms with Crippen LogP contribution in [0, 0.1) is 6.92 Å². The van der Waals surface area contributed by atoms with E-state index in [1.807, 2.05) is 55.5 Å². The fraction of sp³-hybridized carbons (Fsp3) is 0.333. The minimum atomic E-state index is -3.15. The molecule has 0 saturated carbocycles. The van der Waals surface area contributed by atoms with Crippen molar-refractivity contribution in [2.75, 3.05) is 49.3 Å². The Kier molecular flexibility index (Phi) is 7.47. The molecule has 166 valence electrons. The zero-order valence-corrected chi connectivity index (χ0v) is 19.1. The van der Waals surface area contributed by atoms with Crippen LogP contribution in [0.2, 0.25) is 0 Å². The van der Waals surface area contributed by atoms with Gasteiger partial charge in [-0.2, -0.15) is 4.31 Å². The summed E-state index contributed by atoms with van der Waals surface area (Å²) < 4.78 is 30.3. The van der Waals surface area contributed by atoms with Crippen LogP contribution in [0.4, 0.5) is 11.4 Å². The number of carbonyl (C=O) groups is 1. The number of sulfonamides is 1. The van der Waals surface area contributed by atoms with Gasteiger partial charge in [0, 0.05) is 37.6 Å². The first kappa shape index (κ1) is 23.0. The number of benzene rings is 2. The highest BCUT2D eigenvalue weighted by atomic mass is 32.2. The number of ether oxygens (including phenoxy) is 1. The maximum atomic E-state index is 12.1. The van der Waals surface area contributed by atoms with Gasteiger partial charge in [0.25, 0.3) is 5.91 Å². The summed E-state index contributed by atoms with van der Waals surface area (Å²) in [5, 5.41) is 5.76. The molecule has 1 saturated heterocycles. The van der Waals surface area contributed by atoms with Crippen molar-refractivity contribution in [3.8, 4) is 5.75 Å². The van der Waals surface area contributed by atoms with Gasteiger partial charge in [-0.05, 0) is 55.0 Å². The summed E-state index contributed by atoms with van der Waals surface area (Å²) in [7, 11) is -3.15. The molecule has 3 rings (SSSR count). The Morgan fingerprint density at radius 2 is 1.71 bits per heavy atom. The van der Waals surface area contributed by atoms with Crippen LogP contribution < -0.4 is 20.3 Å². The smallest absolute Gasteiger partial charge is 0.264 e. The SMILES string of the molecule is Cc1ccccc1OCC(=O)NC(=S)Nc1ccc(N2CCN(S(C)(=O)=O)CC2)cc1. The fourth-order valence-corrected chi connectivity index (χ4v) is 4.28. The minimum absolute atomic E-state index is 0.134. The molecule has 1 aliphatic rings. The molecule has 8 nitrogen and oxygen atoms in total. The molecule has 0 unspecified atom stereocenters. The zero-order valence-electron chi connectivity index (χ0n) is 17.5. The number of aryl methyl sites for hydroxylation is 1. The number of hydrogen-bond acceptors (Lipinski definition) is 6. The van der Waals surface area contributed by atoms with E-state index in [9.17, 15) is 13.2 Å². The number of para-hydroxylation sites is 1. The summed E-state index contributed by atoms with van der Waals surface area (Å²) in [4.78, 5) is 14.2. The Morgan fingerprint density at radius 3 is 2.32 bits per heavy atom. The van der Waals surface area contributed by atoms with Crippen LogP contribution in [-0.2, 0) is 14.8 Å². The van der Waals surface area contributed by atoms with Gasteiger partial charge in [0.2, 0.25) is 10.0 Å². The van der Waals surface area contributed by atoms with E-state index >= 15 is 0 Å². The van der Waals surface area contributed by atoms with Crippen molar-refractivity contribution < 1.29 is 17.9 Å². The van der Waals surface area contributed by atoms with Crippen LogP contribution in [0.5, 0.6) is 5.75 Å². The first-order chi connectivity index (χ1) is 14.7. The molecule has 0 aromatic heterocycles. The summed E-state index contributed by atoms with van der Waals surface area (Å²) >= 11 is 5.20. The number of hydrogen-bond donors (Lipinski definition) is 2. The summed E-state index contributed by atoms with van der Waals surface area (Å²) in [5.41, 5.74) is 2.69. The van der Waals surface area contributed by atoms with E-state index in [1.54, 1.807) is 0 Å². The fourth-order valence-electron chi connectivity index (χ4n) is 3.22. The first-order valence-corrected chi connectivity index (χ1v) is 12.1. The number of rotatable bonds is 6. The lowest BCUT2D eigenvalue weighted by Gasteiger charge is -2.34. The van der Waals surface area contributed by atoms with Gasteiger partial charge in [-0.1, -0.05) is 18.2 Å². The van der Waals surface area contributed by atoms with Gasteiger partial charge in [0.15, 0.2) is 11.7 Å². The van der Waals surface area contributed by atoms with E-state index < -0.39 is 10.0 Å². The summed E-state index contributed by atoms with van der Waals surface area (Å²) in [6, 6.07) is 15.1. The molecule has 0 atom stereocenters. The molecule has 2 N–H and O–H groups in total. The Balaban J connectivity index is 1.45. The third-order valence-electron chi connectivity index (χ3n) is 4.90. The quantitative estimate of drug-likeness (QED) is 0.634. The number of carbonyl (C=O) groups excluding carboxylic acids is 1. The molecule has 0 spiro atoms.